The van der Waals surface area contributed by atoms with Gasteiger partial charge in [0.25, 0.3) is 5.82 Å². The number of piperazine rings is 1. The molecular weight excluding hydrogens is 342 g/mol. The highest BCUT2D eigenvalue weighted by Crippen LogP contribution is 2.21. The molecule has 0 atom stereocenters. The number of hydrogen-bond donors (Lipinski definition) is 1. The maximum Gasteiger partial charge on any atom is 0.274 e. The fraction of sp³-hybridized carbons (Fsp3) is 0.400. The van der Waals surface area contributed by atoms with Crippen molar-refractivity contribution >= 4 is 29.1 Å². The topological polar surface area (TPSA) is 31.7 Å². The number of aromatic nitrogens is 3. The van der Waals surface area contributed by atoms with Gasteiger partial charge in [0.15, 0.2) is 11.4 Å². The van der Waals surface area contributed by atoms with E-state index in [4.69, 9.17) is 12.2 Å². The number of benzene rings is 1. The first-order valence-corrected chi connectivity index (χ1v) is 9.81. The van der Waals surface area contributed by atoms with Crippen LogP contribution in [0.3, 0.4) is 0 Å². The Balaban J connectivity index is 1.54. The molecular formula is C20H27N5S+2. The van der Waals surface area contributed by atoms with Crippen molar-refractivity contribution in [2.75, 3.05) is 31.1 Å². The summed E-state index contributed by atoms with van der Waals surface area (Å²) in [5, 5.41) is 0. The zero-order chi connectivity index (χ0) is 18.1. The number of H-pyrrole nitrogens is 1. The molecule has 4 rings (SSSR count). The minimum Gasteiger partial charge on any atom is -0.314 e. The Morgan fingerprint density at radius 2 is 1.73 bits per heavy atom. The molecule has 0 bridgehead atoms. The van der Waals surface area contributed by atoms with E-state index >= 15 is 0 Å². The van der Waals surface area contributed by atoms with Gasteiger partial charge in [0.1, 0.15) is 26.2 Å². The normalized spacial score (nSPS) is 15.9. The highest BCUT2D eigenvalue weighted by Gasteiger charge is 2.26. The fourth-order valence-electron chi connectivity index (χ4n) is 3.91. The summed E-state index contributed by atoms with van der Waals surface area (Å²) >= 11 is 5.83. The second kappa shape index (κ2) is 7.21. The minimum atomic E-state index is 0.370. The Hall–Kier alpha value is -2.18. The first-order chi connectivity index (χ1) is 12.6. The Morgan fingerprint density at radius 1 is 1.04 bits per heavy atom. The smallest absolute Gasteiger partial charge is 0.274 e. The average Bonchev–Trinajstić information content (AvgIpc) is 2.95. The van der Waals surface area contributed by atoms with E-state index in [1.54, 1.807) is 4.90 Å². The van der Waals surface area contributed by atoms with Crippen molar-refractivity contribution < 1.29 is 9.88 Å². The molecule has 2 N–H and O–H groups in total. The lowest BCUT2D eigenvalue weighted by Crippen LogP contribution is -3.14. The van der Waals surface area contributed by atoms with Crippen molar-refractivity contribution in [3.8, 4) is 0 Å². The molecule has 0 radical (unpaired) electrons. The third-order valence-corrected chi connectivity index (χ3v) is 5.69. The first kappa shape index (κ1) is 17.2. The second-order valence-electron chi connectivity index (χ2n) is 7.31. The van der Waals surface area contributed by atoms with Gasteiger partial charge in [-0.2, -0.15) is 0 Å². The van der Waals surface area contributed by atoms with Gasteiger partial charge in [-0.1, -0.05) is 18.2 Å². The number of nitrogens with one attached hydrogen (secondary N) is 2. The van der Waals surface area contributed by atoms with E-state index in [1.165, 1.54) is 16.9 Å². The molecule has 1 aliphatic rings. The molecule has 0 spiro atoms. The molecule has 26 heavy (non-hydrogen) atoms. The molecule has 0 aliphatic carbocycles. The van der Waals surface area contributed by atoms with Crippen molar-refractivity contribution in [2.45, 2.75) is 26.6 Å². The number of pyridine rings is 1. The summed E-state index contributed by atoms with van der Waals surface area (Å²) in [6.07, 6.45) is 1.99. The van der Waals surface area contributed by atoms with E-state index in [0.29, 0.717) is 6.04 Å². The minimum absolute atomic E-state index is 0.370. The lowest BCUT2D eigenvalue weighted by atomic mass is 10.3. The summed E-state index contributed by atoms with van der Waals surface area (Å²) in [5.41, 5.74) is 2.49. The number of rotatable bonds is 4. The Morgan fingerprint density at radius 3 is 2.38 bits per heavy atom. The number of anilines is 1. The molecule has 136 valence electrons. The van der Waals surface area contributed by atoms with Crippen LogP contribution < -0.4 is 14.8 Å². The van der Waals surface area contributed by atoms with E-state index in [1.807, 2.05) is 12.3 Å². The molecule has 0 unspecified atom stereocenters. The average molecular weight is 370 g/mol. The number of para-hydroxylation sites is 2. The van der Waals surface area contributed by atoms with Crippen LogP contribution in [-0.4, -0.2) is 35.3 Å². The number of quaternary nitrogens is 1. The molecule has 1 saturated heterocycles. The molecule has 3 heterocycles. The summed E-state index contributed by atoms with van der Waals surface area (Å²) < 4.78 is 5.54. The van der Waals surface area contributed by atoms with Gasteiger partial charge in [-0.3, -0.25) is 9.47 Å². The Bertz CT molecular complexity index is 936. The standard InChI is InChI=1S/C20H25N5S/c1-16(2)25-18-8-4-3-7-17(18)24(20(25)26)15-22-11-13-23(14-12-22)19-9-5-6-10-21-19/h3-10,16H,11-15H2,1-2H3/p+2. The van der Waals surface area contributed by atoms with E-state index in [-0.39, 0.29) is 0 Å². The summed E-state index contributed by atoms with van der Waals surface area (Å²) in [6, 6.07) is 15.2. The van der Waals surface area contributed by atoms with Gasteiger partial charge in [0, 0.05) is 12.1 Å². The highest BCUT2D eigenvalue weighted by atomic mass is 32.1. The van der Waals surface area contributed by atoms with E-state index in [0.717, 1.165) is 37.6 Å². The summed E-state index contributed by atoms with van der Waals surface area (Å²) in [7, 11) is 0. The highest BCUT2D eigenvalue weighted by molar-refractivity contribution is 7.71. The first-order valence-electron chi connectivity index (χ1n) is 9.40. The van der Waals surface area contributed by atoms with Gasteiger partial charge in [0.05, 0.1) is 17.2 Å². The largest absolute Gasteiger partial charge is 0.314 e. The third kappa shape index (κ3) is 3.15. The summed E-state index contributed by atoms with van der Waals surface area (Å²) in [5.74, 6) is 1.21. The maximum atomic E-state index is 5.83. The van der Waals surface area contributed by atoms with Gasteiger partial charge < -0.3 is 9.47 Å². The predicted octanol–water partition coefficient (Wildman–Crippen LogP) is 1.93. The monoisotopic (exact) mass is 369 g/mol. The molecule has 2 aromatic heterocycles. The molecule has 3 aromatic rings. The van der Waals surface area contributed by atoms with Crippen molar-refractivity contribution in [2.24, 2.45) is 0 Å². The number of aromatic amines is 1. The van der Waals surface area contributed by atoms with Gasteiger partial charge in [-0.05, 0) is 44.3 Å². The SMILES string of the molecule is CC(C)n1c(=S)n(C[NH+]2CCN(c3cccc[nH+]3)CC2)c2ccccc21. The van der Waals surface area contributed by atoms with E-state index in [2.05, 4.69) is 69.3 Å². The van der Waals surface area contributed by atoms with Crippen LogP contribution >= 0.6 is 12.2 Å². The third-order valence-electron chi connectivity index (χ3n) is 5.27. The zero-order valence-corrected chi connectivity index (χ0v) is 16.3. The quantitative estimate of drug-likeness (QED) is 0.713. The van der Waals surface area contributed by atoms with Gasteiger partial charge >= 0.3 is 0 Å². The number of fused-ring (bicyclic) bond motifs is 1. The van der Waals surface area contributed by atoms with Crippen LogP contribution in [0, 0.1) is 4.77 Å². The van der Waals surface area contributed by atoms with E-state index in [9.17, 15) is 0 Å². The number of nitrogens with zero attached hydrogens (tertiary/aromatic N) is 3. The van der Waals surface area contributed by atoms with Crippen LogP contribution in [-0.2, 0) is 6.67 Å². The Labute approximate surface area is 159 Å². The van der Waals surface area contributed by atoms with Gasteiger partial charge in [0.2, 0.25) is 0 Å². The maximum absolute atomic E-state index is 5.83. The van der Waals surface area contributed by atoms with Crippen LogP contribution in [0.5, 0.6) is 0 Å². The van der Waals surface area contributed by atoms with Gasteiger partial charge in [-0.25, -0.2) is 4.98 Å². The van der Waals surface area contributed by atoms with Crippen LogP contribution in [0.4, 0.5) is 5.82 Å². The predicted molar refractivity (Wildman–Crippen MR) is 107 cm³/mol. The molecule has 1 aliphatic heterocycles. The van der Waals surface area contributed by atoms with Gasteiger partial charge in [-0.15, -0.1) is 0 Å². The molecule has 0 amide bonds. The molecule has 6 heteroatoms. The van der Waals surface area contributed by atoms with Crippen LogP contribution in [0.25, 0.3) is 11.0 Å². The van der Waals surface area contributed by atoms with Crippen LogP contribution in [0.2, 0.25) is 0 Å². The molecule has 1 fully saturated rings. The fourth-order valence-corrected chi connectivity index (χ4v) is 4.38. The molecule has 0 saturated carbocycles. The summed E-state index contributed by atoms with van der Waals surface area (Å²) in [4.78, 5) is 7.36. The van der Waals surface area contributed by atoms with Crippen molar-refractivity contribution in [3.05, 3.63) is 53.4 Å². The molecule has 1 aromatic carbocycles. The zero-order valence-electron chi connectivity index (χ0n) is 15.5. The lowest BCUT2D eigenvalue weighted by Gasteiger charge is -2.28. The van der Waals surface area contributed by atoms with Crippen LogP contribution in [0.15, 0.2) is 48.7 Å². The summed E-state index contributed by atoms with van der Waals surface area (Å²) in [6.45, 7) is 9.70. The second-order valence-corrected chi connectivity index (χ2v) is 7.67. The Kier molecular flexibility index (Phi) is 4.78. The number of hydrogen-bond acceptors (Lipinski definition) is 2. The van der Waals surface area contributed by atoms with Crippen molar-refractivity contribution in [1.82, 2.24) is 9.13 Å². The number of imidazole rings is 1. The lowest BCUT2D eigenvalue weighted by molar-refractivity contribution is -0.923. The van der Waals surface area contributed by atoms with Crippen LogP contribution in [0.1, 0.15) is 19.9 Å². The van der Waals surface area contributed by atoms with E-state index < -0.39 is 0 Å². The molecule has 5 nitrogen and oxygen atoms in total. The van der Waals surface area contributed by atoms with Crippen molar-refractivity contribution in [1.29, 1.82) is 0 Å². The van der Waals surface area contributed by atoms with Crippen molar-refractivity contribution in [3.63, 3.8) is 0 Å².